The molecular formula is C27H32N4O4S. The molecule has 1 aliphatic rings. The van der Waals surface area contributed by atoms with Crippen LogP contribution < -0.4 is 4.72 Å². The first-order valence-corrected chi connectivity index (χ1v) is 13.5. The van der Waals surface area contributed by atoms with Crippen molar-refractivity contribution >= 4 is 21.5 Å². The van der Waals surface area contributed by atoms with E-state index in [1.165, 1.54) is 12.1 Å². The Hall–Kier alpha value is -3.27. The lowest BCUT2D eigenvalue weighted by molar-refractivity contribution is 0.103. The SMILES string of the molecule is CCN(C)CC(C)C(C)CNS(=O)(=O)c1ccc(-c2[nH]c(O)c3c2C(=O)c2ccccc2C3=N)cc1. The Balaban J connectivity index is 1.56. The fourth-order valence-electron chi connectivity index (χ4n) is 4.47. The molecule has 0 amide bonds. The van der Waals surface area contributed by atoms with Gasteiger partial charge in [0.2, 0.25) is 10.0 Å². The molecule has 1 aliphatic carbocycles. The van der Waals surface area contributed by atoms with Crippen LogP contribution in [0.1, 0.15) is 47.8 Å². The van der Waals surface area contributed by atoms with Crippen LogP contribution in [0.25, 0.3) is 11.3 Å². The third kappa shape index (κ3) is 4.74. The van der Waals surface area contributed by atoms with Gasteiger partial charge in [0.1, 0.15) is 0 Å². The zero-order valence-corrected chi connectivity index (χ0v) is 21.7. The number of sulfonamides is 1. The summed E-state index contributed by atoms with van der Waals surface area (Å²) in [6, 6.07) is 13.0. The van der Waals surface area contributed by atoms with Crippen molar-refractivity contribution in [2.75, 3.05) is 26.7 Å². The third-order valence-corrected chi connectivity index (χ3v) is 8.50. The van der Waals surface area contributed by atoms with Gasteiger partial charge < -0.3 is 15.0 Å². The van der Waals surface area contributed by atoms with Gasteiger partial charge in [0, 0.05) is 24.2 Å². The second kappa shape index (κ2) is 10.0. The molecule has 0 radical (unpaired) electrons. The molecule has 36 heavy (non-hydrogen) atoms. The molecule has 0 spiro atoms. The van der Waals surface area contributed by atoms with Crippen LogP contribution >= 0.6 is 0 Å². The van der Waals surface area contributed by atoms with Crippen molar-refractivity contribution in [1.29, 1.82) is 5.41 Å². The number of H-pyrrole nitrogens is 1. The summed E-state index contributed by atoms with van der Waals surface area (Å²) in [5.41, 5.74) is 2.19. The fraction of sp³-hybridized carbons (Fsp3) is 0.333. The maximum Gasteiger partial charge on any atom is 0.240 e. The van der Waals surface area contributed by atoms with Crippen molar-refractivity contribution in [1.82, 2.24) is 14.6 Å². The number of aromatic amines is 1. The van der Waals surface area contributed by atoms with Gasteiger partial charge in [-0.25, -0.2) is 13.1 Å². The van der Waals surface area contributed by atoms with Gasteiger partial charge in [-0.3, -0.25) is 10.2 Å². The molecule has 1 heterocycles. The number of aromatic hydroxyl groups is 1. The summed E-state index contributed by atoms with van der Waals surface area (Å²) < 4.78 is 28.5. The van der Waals surface area contributed by atoms with Crippen LogP contribution in [-0.4, -0.2) is 61.6 Å². The van der Waals surface area contributed by atoms with E-state index in [2.05, 4.69) is 28.5 Å². The molecule has 3 aromatic rings. The maximum atomic E-state index is 13.2. The number of carbonyl (C=O) groups excluding carboxylic acids is 1. The lowest BCUT2D eigenvalue weighted by atomic mass is 9.84. The van der Waals surface area contributed by atoms with E-state index in [9.17, 15) is 18.3 Å². The summed E-state index contributed by atoms with van der Waals surface area (Å²) in [6.07, 6.45) is 0. The van der Waals surface area contributed by atoms with Gasteiger partial charge in [0.25, 0.3) is 0 Å². The Labute approximate surface area is 211 Å². The number of fused-ring (bicyclic) bond motifs is 2. The van der Waals surface area contributed by atoms with Crippen LogP contribution in [0.4, 0.5) is 0 Å². The van der Waals surface area contributed by atoms with Gasteiger partial charge in [0.05, 0.1) is 27.4 Å². The van der Waals surface area contributed by atoms with E-state index in [4.69, 9.17) is 5.41 Å². The quantitative estimate of drug-likeness (QED) is 0.273. The zero-order chi connectivity index (χ0) is 26.2. The van der Waals surface area contributed by atoms with Crippen LogP contribution in [-0.2, 0) is 10.0 Å². The fourth-order valence-corrected chi connectivity index (χ4v) is 5.61. The number of nitrogens with zero attached hydrogens (tertiary/aromatic N) is 1. The summed E-state index contributed by atoms with van der Waals surface area (Å²) in [7, 11) is -1.67. The van der Waals surface area contributed by atoms with Crippen LogP contribution in [0.5, 0.6) is 5.88 Å². The second-order valence-electron chi connectivity index (χ2n) is 9.53. The average Bonchev–Trinajstić information content (AvgIpc) is 3.23. The number of hydrogen-bond acceptors (Lipinski definition) is 6. The Kier molecular flexibility index (Phi) is 7.17. The van der Waals surface area contributed by atoms with Gasteiger partial charge in [-0.2, -0.15) is 0 Å². The van der Waals surface area contributed by atoms with Crippen LogP contribution in [0.3, 0.4) is 0 Å². The van der Waals surface area contributed by atoms with Gasteiger partial charge >= 0.3 is 0 Å². The molecule has 2 atom stereocenters. The Morgan fingerprint density at radius 1 is 1.03 bits per heavy atom. The van der Waals surface area contributed by atoms with Crippen molar-refractivity contribution in [2.24, 2.45) is 11.8 Å². The molecule has 0 saturated carbocycles. The average molecular weight is 509 g/mol. The zero-order valence-electron chi connectivity index (χ0n) is 20.9. The Morgan fingerprint density at radius 2 is 1.67 bits per heavy atom. The molecule has 9 heteroatoms. The van der Waals surface area contributed by atoms with Gasteiger partial charge in [-0.05, 0) is 43.1 Å². The number of hydrogen-bond donors (Lipinski definition) is 4. The molecule has 4 rings (SSSR count). The topological polar surface area (TPSA) is 126 Å². The van der Waals surface area contributed by atoms with Crippen molar-refractivity contribution in [3.63, 3.8) is 0 Å². The number of carbonyl (C=O) groups is 1. The summed E-state index contributed by atoms with van der Waals surface area (Å²) in [5, 5.41) is 19.0. The number of benzene rings is 2. The van der Waals surface area contributed by atoms with E-state index in [0.717, 1.165) is 13.1 Å². The normalized spacial score (nSPS) is 15.0. The molecule has 4 N–H and O–H groups in total. The van der Waals surface area contributed by atoms with Crippen molar-refractivity contribution in [3.8, 4) is 17.1 Å². The van der Waals surface area contributed by atoms with Gasteiger partial charge in [-0.15, -0.1) is 0 Å². The van der Waals surface area contributed by atoms with E-state index in [1.807, 2.05) is 14.0 Å². The number of ketones is 1. The highest BCUT2D eigenvalue weighted by Gasteiger charge is 2.34. The predicted octanol–water partition coefficient (Wildman–Crippen LogP) is 3.85. The molecule has 190 valence electrons. The summed E-state index contributed by atoms with van der Waals surface area (Å²) in [5.74, 6) is -0.0692. The largest absolute Gasteiger partial charge is 0.494 e. The van der Waals surface area contributed by atoms with E-state index in [1.54, 1.807) is 36.4 Å². The van der Waals surface area contributed by atoms with E-state index < -0.39 is 10.0 Å². The predicted molar refractivity (Wildman–Crippen MR) is 140 cm³/mol. The first-order valence-electron chi connectivity index (χ1n) is 12.0. The van der Waals surface area contributed by atoms with Crippen molar-refractivity contribution in [2.45, 2.75) is 25.7 Å². The number of nitrogens with one attached hydrogen (secondary N) is 3. The monoisotopic (exact) mass is 508 g/mol. The highest BCUT2D eigenvalue weighted by Crippen LogP contribution is 2.39. The highest BCUT2D eigenvalue weighted by atomic mass is 32.2. The van der Waals surface area contributed by atoms with Gasteiger partial charge in [0.15, 0.2) is 11.7 Å². The van der Waals surface area contributed by atoms with Crippen LogP contribution in [0, 0.1) is 17.2 Å². The summed E-state index contributed by atoms with van der Waals surface area (Å²) in [4.78, 5) is 18.4. The van der Waals surface area contributed by atoms with Crippen LogP contribution in [0.2, 0.25) is 0 Å². The Morgan fingerprint density at radius 3 is 2.31 bits per heavy atom. The minimum absolute atomic E-state index is 0.0667. The highest BCUT2D eigenvalue weighted by molar-refractivity contribution is 7.89. The molecule has 1 aromatic heterocycles. The van der Waals surface area contributed by atoms with E-state index >= 15 is 0 Å². The summed E-state index contributed by atoms with van der Waals surface area (Å²) >= 11 is 0. The second-order valence-corrected chi connectivity index (χ2v) is 11.3. The molecule has 2 unspecified atom stereocenters. The van der Waals surface area contributed by atoms with Crippen molar-refractivity contribution < 1.29 is 18.3 Å². The molecule has 0 bridgehead atoms. The molecule has 0 aliphatic heterocycles. The smallest absolute Gasteiger partial charge is 0.240 e. The lowest BCUT2D eigenvalue weighted by Crippen LogP contribution is -2.34. The molecular weight excluding hydrogens is 476 g/mol. The molecule has 8 nitrogen and oxygen atoms in total. The lowest BCUT2D eigenvalue weighted by Gasteiger charge is -2.25. The minimum atomic E-state index is -3.72. The summed E-state index contributed by atoms with van der Waals surface area (Å²) in [6.45, 7) is 8.40. The van der Waals surface area contributed by atoms with Crippen LogP contribution in [0.15, 0.2) is 53.4 Å². The Bertz CT molecular complexity index is 1410. The van der Waals surface area contributed by atoms with Crippen molar-refractivity contribution in [3.05, 3.63) is 70.8 Å². The number of rotatable bonds is 9. The maximum absolute atomic E-state index is 13.2. The molecule has 0 saturated heterocycles. The molecule has 2 aromatic carbocycles. The minimum Gasteiger partial charge on any atom is -0.494 e. The number of aromatic nitrogens is 1. The van der Waals surface area contributed by atoms with E-state index in [-0.39, 0.29) is 39.3 Å². The first-order chi connectivity index (χ1) is 17.0. The standard InChI is InChI=1S/C27H32N4O4S/c1-5-31(4)15-17(3)16(2)14-29-36(34,35)19-12-10-18(11-13-19)25-23-22(27(33)30-25)24(28)20-8-6-7-9-21(20)26(23)32/h6-13,16-17,28-30,33H,5,14-15H2,1-4H3. The molecule has 0 fully saturated rings. The first kappa shape index (κ1) is 25.8. The van der Waals surface area contributed by atoms with E-state index in [0.29, 0.717) is 34.8 Å². The van der Waals surface area contributed by atoms with Gasteiger partial charge in [-0.1, -0.05) is 57.2 Å². The third-order valence-electron chi connectivity index (χ3n) is 7.06.